The molecule has 1 aromatic rings. The minimum Gasteiger partial charge on any atom is -0.356 e. The Bertz CT molecular complexity index is 407. The van der Waals surface area contributed by atoms with Crippen LogP contribution < -0.4 is 16.2 Å². The summed E-state index contributed by atoms with van der Waals surface area (Å²) in [5.74, 6) is 8.22. The van der Waals surface area contributed by atoms with Crippen LogP contribution in [0.2, 0.25) is 0 Å². The molecule has 1 aliphatic heterocycles. The first-order chi connectivity index (χ1) is 9.30. The number of aromatic nitrogens is 2. The zero-order valence-electron chi connectivity index (χ0n) is 12.0. The summed E-state index contributed by atoms with van der Waals surface area (Å²) >= 11 is 0. The first-order valence-corrected chi connectivity index (χ1v) is 7.35. The predicted octanol–water partition coefficient (Wildman–Crippen LogP) is 2.34. The minimum absolute atomic E-state index is 0.769. The van der Waals surface area contributed by atoms with E-state index in [4.69, 9.17) is 5.84 Å². The normalized spacial score (nSPS) is 18.9. The molecule has 1 atom stereocenters. The number of nitrogens with one attached hydrogen (secondary N) is 1. The van der Waals surface area contributed by atoms with Crippen molar-refractivity contribution in [2.75, 3.05) is 23.4 Å². The van der Waals surface area contributed by atoms with E-state index >= 15 is 0 Å². The van der Waals surface area contributed by atoms with Crippen molar-refractivity contribution in [3.63, 3.8) is 0 Å². The lowest BCUT2D eigenvalue weighted by atomic mass is 10.0. The van der Waals surface area contributed by atoms with Crippen molar-refractivity contribution in [2.24, 2.45) is 11.8 Å². The monoisotopic (exact) mass is 263 g/mol. The lowest BCUT2D eigenvalue weighted by molar-refractivity contribution is 0.529. The van der Waals surface area contributed by atoms with E-state index in [1.807, 2.05) is 0 Å². The number of anilines is 2. The molecule has 5 nitrogen and oxygen atoms in total. The molecule has 1 aliphatic rings. The first kappa shape index (κ1) is 14.1. The average molecular weight is 263 g/mol. The van der Waals surface area contributed by atoms with E-state index in [0.717, 1.165) is 49.0 Å². The molecular formula is C14H25N5. The Balaban J connectivity index is 2.19. The van der Waals surface area contributed by atoms with Gasteiger partial charge in [0.15, 0.2) is 0 Å². The van der Waals surface area contributed by atoms with E-state index in [2.05, 4.69) is 34.1 Å². The van der Waals surface area contributed by atoms with Crippen molar-refractivity contribution in [3.05, 3.63) is 11.9 Å². The summed E-state index contributed by atoms with van der Waals surface area (Å²) in [5.41, 5.74) is 3.86. The van der Waals surface area contributed by atoms with Crippen LogP contribution in [0, 0.1) is 5.92 Å². The van der Waals surface area contributed by atoms with Crippen LogP contribution in [0.25, 0.3) is 0 Å². The Morgan fingerprint density at radius 3 is 2.89 bits per heavy atom. The summed E-state index contributed by atoms with van der Waals surface area (Å²) in [6, 6.07) is 0. The number of nitrogens with zero attached hydrogens (tertiary/aromatic N) is 3. The number of nitrogens with two attached hydrogens (primary N) is 1. The van der Waals surface area contributed by atoms with E-state index in [1.165, 1.54) is 19.3 Å². The largest absolute Gasteiger partial charge is 0.356 e. The second-order valence-electron chi connectivity index (χ2n) is 5.31. The smallest absolute Gasteiger partial charge is 0.148 e. The molecule has 0 radical (unpaired) electrons. The molecule has 0 aromatic carbocycles. The van der Waals surface area contributed by atoms with E-state index in [0.29, 0.717) is 0 Å². The number of rotatable bonds is 6. The predicted molar refractivity (Wildman–Crippen MR) is 79.1 cm³/mol. The van der Waals surface area contributed by atoms with Gasteiger partial charge < -0.3 is 10.3 Å². The number of hydrazine groups is 1. The number of nitrogen functional groups attached to an aromatic ring is 1. The van der Waals surface area contributed by atoms with Gasteiger partial charge in [0.2, 0.25) is 0 Å². The summed E-state index contributed by atoms with van der Waals surface area (Å²) in [5, 5.41) is 0. The second kappa shape index (κ2) is 6.70. The van der Waals surface area contributed by atoms with Gasteiger partial charge in [-0.1, -0.05) is 26.7 Å². The molecule has 1 unspecified atom stereocenters. The fraction of sp³-hybridized carbons (Fsp3) is 0.714. The zero-order valence-corrected chi connectivity index (χ0v) is 12.0. The van der Waals surface area contributed by atoms with Gasteiger partial charge in [0.25, 0.3) is 0 Å². The number of hydrogen-bond acceptors (Lipinski definition) is 5. The molecular weight excluding hydrogens is 238 g/mol. The van der Waals surface area contributed by atoms with E-state index in [9.17, 15) is 0 Å². The van der Waals surface area contributed by atoms with Crippen LogP contribution in [0.3, 0.4) is 0 Å². The third kappa shape index (κ3) is 3.15. The molecule has 2 heterocycles. The van der Waals surface area contributed by atoms with Gasteiger partial charge in [0.1, 0.15) is 18.0 Å². The Morgan fingerprint density at radius 1 is 1.37 bits per heavy atom. The molecule has 5 heteroatoms. The molecule has 0 bridgehead atoms. The van der Waals surface area contributed by atoms with Crippen LogP contribution in [0.1, 0.15) is 45.1 Å². The van der Waals surface area contributed by atoms with Crippen molar-refractivity contribution in [1.82, 2.24) is 9.97 Å². The van der Waals surface area contributed by atoms with Crippen molar-refractivity contribution in [1.29, 1.82) is 0 Å². The zero-order chi connectivity index (χ0) is 13.7. The Morgan fingerprint density at radius 2 is 2.21 bits per heavy atom. The summed E-state index contributed by atoms with van der Waals surface area (Å²) in [7, 11) is 0. The lowest BCUT2D eigenvalue weighted by Crippen LogP contribution is -2.24. The van der Waals surface area contributed by atoms with Crippen LogP contribution in [0.5, 0.6) is 0 Å². The molecule has 1 saturated heterocycles. The highest BCUT2D eigenvalue weighted by Gasteiger charge is 2.25. The molecule has 1 fully saturated rings. The standard InChI is InChI=1S/C14H25N5/c1-3-5-11-7-8-19(9-11)14-12(6-4-2)13(18-15)16-10-17-14/h10-11H,3-9,15H2,1-2H3,(H,16,17,18). The maximum atomic E-state index is 5.56. The van der Waals surface area contributed by atoms with Gasteiger partial charge in [0, 0.05) is 18.7 Å². The first-order valence-electron chi connectivity index (χ1n) is 7.35. The minimum atomic E-state index is 0.769. The van der Waals surface area contributed by atoms with E-state index < -0.39 is 0 Å². The van der Waals surface area contributed by atoms with Gasteiger partial charge in [-0.15, -0.1) is 0 Å². The van der Waals surface area contributed by atoms with E-state index in [1.54, 1.807) is 6.33 Å². The van der Waals surface area contributed by atoms with Crippen molar-refractivity contribution < 1.29 is 0 Å². The molecule has 0 spiro atoms. The topological polar surface area (TPSA) is 67.1 Å². The SMILES string of the molecule is CCCc1c(NN)ncnc1N1CCC(CCC)C1. The quantitative estimate of drug-likeness (QED) is 0.609. The van der Waals surface area contributed by atoms with Gasteiger partial charge in [-0.2, -0.15) is 0 Å². The summed E-state index contributed by atoms with van der Waals surface area (Å²) in [6.07, 6.45) is 7.49. The lowest BCUT2D eigenvalue weighted by Gasteiger charge is -2.21. The highest BCUT2D eigenvalue weighted by molar-refractivity contribution is 5.58. The third-order valence-electron chi connectivity index (χ3n) is 3.84. The summed E-state index contributed by atoms with van der Waals surface area (Å²) < 4.78 is 0. The van der Waals surface area contributed by atoms with Crippen molar-refractivity contribution in [2.45, 2.75) is 46.0 Å². The maximum Gasteiger partial charge on any atom is 0.148 e. The molecule has 0 aliphatic carbocycles. The maximum absolute atomic E-state index is 5.56. The van der Waals surface area contributed by atoms with Crippen LogP contribution >= 0.6 is 0 Å². The molecule has 19 heavy (non-hydrogen) atoms. The summed E-state index contributed by atoms with van der Waals surface area (Å²) in [4.78, 5) is 11.1. The average Bonchev–Trinajstić information content (AvgIpc) is 2.88. The Labute approximate surface area is 115 Å². The van der Waals surface area contributed by atoms with Crippen LogP contribution in [-0.2, 0) is 6.42 Å². The van der Waals surface area contributed by atoms with Gasteiger partial charge >= 0.3 is 0 Å². The molecule has 2 rings (SSSR count). The van der Waals surface area contributed by atoms with Crippen molar-refractivity contribution in [3.8, 4) is 0 Å². The highest BCUT2D eigenvalue weighted by Crippen LogP contribution is 2.30. The molecule has 106 valence electrons. The molecule has 0 saturated carbocycles. The van der Waals surface area contributed by atoms with Gasteiger partial charge in [0.05, 0.1) is 0 Å². The summed E-state index contributed by atoms with van der Waals surface area (Å²) in [6.45, 7) is 6.64. The van der Waals surface area contributed by atoms with Gasteiger partial charge in [-0.25, -0.2) is 15.8 Å². The van der Waals surface area contributed by atoms with Crippen molar-refractivity contribution >= 4 is 11.6 Å². The Kier molecular flexibility index (Phi) is 4.96. The van der Waals surface area contributed by atoms with Gasteiger partial charge in [-0.3, -0.25) is 0 Å². The fourth-order valence-electron chi connectivity index (χ4n) is 2.95. The number of hydrogen-bond donors (Lipinski definition) is 2. The third-order valence-corrected chi connectivity index (χ3v) is 3.84. The van der Waals surface area contributed by atoms with Crippen LogP contribution in [0.15, 0.2) is 6.33 Å². The highest BCUT2D eigenvalue weighted by atomic mass is 15.3. The molecule has 0 amide bonds. The Hall–Kier alpha value is -1.36. The van der Waals surface area contributed by atoms with Crippen LogP contribution in [-0.4, -0.2) is 23.1 Å². The van der Waals surface area contributed by atoms with Gasteiger partial charge in [-0.05, 0) is 25.2 Å². The molecule has 1 aromatic heterocycles. The molecule has 3 N–H and O–H groups in total. The van der Waals surface area contributed by atoms with Crippen LogP contribution in [0.4, 0.5) is 11.6 Å². The van der Waals surface area contributed by atoms with E-state index in [-0.39, 0.29) is 0 Å². The second-order valence-corrected chi connectivity index (χ2v) is 5.31. The fourth-order valence-corrected chi connectivity index (χ4v) is 2.95.